The Morgan fingerprint density at radius 1 is 1.27 bits per heavy atom. The third-order valence-corrected chi connectivity index (χ3v) is 4.53. The number of nitrogens with zero attached hydrogens (tertiary/aromatic N) is 2. The summed E-state index contributed by atoms with van der Waals surface area (Å²) in [4.78, 5) is 19.0. The van der Waals surface area contributed by atoms with Crippen LogP contribution in [0.3, 0.4) is 0 Å². The number of phenols is 1. The van der Waals surface area contributed by atoms with Crippen molar-refractivity contribution in [2.75, 3.05) is 13.1 Å². The fourth-order valence-electron chi connectivity index (χ4n) is 2.59. The standard InChI is InChI=1S/C16H18N2O3S/c1-10-8-18(9-11(2)21-10)16-17-15(20)14(22-16)7-12-3-5-13(19)6-4-12/h3-7,10-11,19H,8-9H2,1-2H3/b14-7-/t10-,11-/m1/s1. The van der Waals surface area contributed by atoms with Gasteiger partial charge in [-0.3, -0.25) is 4.79 Å². The molecular formula is C16H18N2O3S. The lowest BCUT2D eigenvalue weighted by atomic mass is 10.2. The monoisotopic (exact) mass is 318 g/mol. The molecule has 5 nitrogen and oxygen atoms in total. The molecule has 2 atom stereocenters. The third-order valence-electron chi connectivity index (χ3n) is 3.49. The van der Waals surface area contributed by atoms with Crippen LogP contribution in [0.1, 0.15) is 19.4 Å². The smallest absolute Gasteiger partial charge is 0.286 e. The van der Waals surface area contributed by atoms with Crippen LogP contribution in [0.25, 0.3) is 6.08 Å². The van der Waals surface area contributed by atoms with Gasteiger partial charge < -0.3 is 14.7 Å². The Labute approximate surface area is 133 Å². The van der Waals surface area contributed by atoms with Gasteiger partial charge in [0.05, 0.1) is 17.1 Å². The summed E-state index contributed by atoms with van der Waals surface area (Å²) >= 11 is 1.40. The number of phenolic OH excluding ortho intramolecular Hbond substituents is 1. The molecule has 1 fully saturated rings. The van der Waals surface area contributed by atoms with Crippen LogP contribution >= 0.6 is 11.8 Å². The molecule has 2 heterocycles. The van der Waals surface area contributed by atoms with Gasteiger partial charge >= 0.3 is 0 Å². The van der Waals surface area contributed by atoms with E-state index in [1.165, 1.54) is 11.8 Å². The van der Waals surface area contributed by atoms with E-state index >= 15 is 0 Å². The number of benzene rings is 1. The van der Waals surface area contributed by atoms with Gasteiger partial charge in [0.2, 0.25) is 0 Å². The molecule has 1 amide bonds. The number of amides is 1. The molecule has 2 aliphatic heterocycles. The predicted molar refractivity (Wildman–Crippen MR) is 87.7 cm³/mol. The highest BCUT2D eigenvalue weighted by Crippen LogP contribution is 2.31. The zero-order valence-electron chi connectivity index (χ0n) is 12.5. The zero-order valence-corrected chi connectivity index (χ0v) is 13.3. The molecule has 116 valence electrons. The largest absolute Gasteiger partial charge is 0.508 e. The van der Waals surface area contributed by atoms with E-state index in [0.29, 0.717) is 4.91 Å². The van der Waals surface area contributed by atoms with E-state index in [9.17, 15) is 9.90 Å². The SMILES string of the molecule is C[C@@H]1CN(C2=NC(=O)/C(=C/c3ccc(O)cc3)S2)C[C@@H](C)O1. The van der Waals surface area contributed by atoms with E-state index in [1.807, 2.05) is 13.8 Å². The van der Waals surface area contributed by atoms with Gasteiger partial charge in [-0.05, 0) is 49.4 Å². The quantitative estimate of drug-likeness (QED) is 0.806. The van der Waals surface area contributed by atoms with E-state index in [0.717, 1.165) is 23.8 Å². The molecule has 0 aromatic heterocycles. The molecule has 2 aliphatic rings. The number of hydrogen-bond acceptors (Lipinski definition) is 5. The van der Waals surface area contributed by atoms with Crippen molar-refractivity contribution >= 4 is 28.9 Å². The lowest BCUT2D eigenvalue weighted by Gasteiger charge is -2.35. The Balaban J connectivity index is 1.74. The van der Waals surface area contributed by atoms with E-state index in [-0.39, 0.29) is 23.9 Å². The summed E-state index contributed by atoms with van der Waals surface area (Å²) < 4.78 is 5.71. The first kappa shape index (κ1) is 15.1. The molecule has 0 radical (unpaired) electrons. The lowest BCUT2D eigenvalue weighted by molar-refractivity contribution is -0.113. The first-order chi connectivity index (χ1) is 10.5. The lowest BCUT2D eigenvalue weighted by Crippen LogP contribution is -2.47. The summed E-state index contributed by atoms with van der Waals surface area (Å²) in [5, 5.41) is 10.0. The summed E-state index contributed by atoms with van der Waals surface area (Å²) in [6, 6.07) is 6.74. The molecule has 6 heteroatoms. The molecule has 1 N–H and O–H groups in total. The Bertz CT molecular complexity index is 629. The van der Waals surface area contributed by atoms with Crippen LogP contribution in [0, 0.1) is 0 Å². The number of amidine groups is 1. The second-order valence-corrected chi connectivity index (χ2v) is 6.57. The van der Waals surface area contributed by atoms with Gasteiger partial charge in [-0.25, -0.2) is 0 Å². The van der Waals surface area contributed by atoms with Crippen LogP contribution in [-0.2, 0) is 9.53 Å². The highest BCUT2D eigenvalue weighted by molar-refractivity contribution is 8.18. The van der Waals surface area contributed by atoms with Crippen LogP contribution < -0.4 is 0 Å². The number of carbonyl (C=O) groups excluding carboxylic acids is 1. The molecular weight excluding hydrogens is 300 g/mol. The number of morpholine rings is 1. The summed E-state index contributed by atoms with van der Waals surface area (Å²) in [7, 11) is 0. The van der Waals surface area contributed by atoms with Crippen molar-refractivity contribution in [3.8, 4) is 5.75 Å². The molecule has 0 spiro atoms. The van der Waals surface area contributed by atoms with E-state index in [2.05, 4.69) is 9.89 Å². The number of hydrogen-bond donors (Lipinski definition) is 1. The topological polar surface area (TPSA) is 62.1 Å². The summed E-state index contributed by atoms with van der Waals surface area (Å²) in [5.41, 5.74) is 0.869. The summed E-state index contributed by atoms with van der Waals surface area (Å²) in [6.07, 6.45) is 2.07. The highest BCUT2D eigenvalue weighted by atomic mass is 32.2. The zero-order chi connectivity index (χ0) is 15.7. The molecule has 22 heavy (non-hydrogen) atoms. The maximum absolute atomic E-state index is 12.1. The van der Waals surface area contributed by atoms with E-state index in [4.69, 9.17) is 4.74 Å². The maximum atomic E-state index is 12.1. The third kappa shape index (κ3) is 3.34. The van der Waals surface area contributed by atoms with Crippen molar-refractivity contribution in [1.82, 2.24) is 4.90 Å². The molecule has 3 rings (SSSR count). The van der Waals surface area contributed by atoms with Crippen molar-refractivity contribution in [3.05, 3.63) is 34.7 Å². The first-order valence-corrected chi connectivity index (χ1v) is 8.05. The number of carbonyl (C=O) groups is 1. The number of thioether (sulfide) groups is 1. The van der Waals surface area contributed by atoms with Crippen molar-refractivity contribution in [2.24, 2.45) is 4.99 Å². The number of ether oxygens (including phenoxy) is 1. The number of rotatable bonds is 1. The van der Waals surface area contributed by atoms with Gasteiger partial charge in [0.25, 0.3) is 5.91 Å². The highest BCUT2D eigenvalue weighted by Gasteiger charge is 2.30. The fraction of sp³-hybridized carbons (Fsp3) is 0.375. The van der Waals surface area contributed by atoms with Crippen LogP contribution in [0.5, 0.6) is 5.75 Å². The molecule has 0 aliphatic carbocycles. The van der Waals surface area contributed by atoms with Crippen molar-refractivity contribution in [2.45, 2.75) is 26.1 Å². The van der Waals surface area contributed by atoms with Gasteiger partial charge in [0.1, 0.15) is 5.75 Å². The van der Waals surface area contributed by atoms with Crippen LogP contribution in [0.2, 0.25) is 0 Å². The maximum Gasteiger partial charge on any atom is 0.286 e. The summed E-state index contributed by atoms with van der Waals surface area (Å²) in [6.45, 7) is 5.54. The number of aromatic hydroxyl groups is 1. The van der Waals surface area contributed by atoms with Crippen LogP contribution in [0.15, 0.2) is 34.2 Å². The Morgan fingerprint density at radius 3 is 2.55 bits per heavy atom. The molecule has 0 bridgehead atoms. The normalized spacial score (nSPS) is 27.4. The Kier molecular flexibility index (Phi) is 4.22. The van der Waals surface area contributed by atoms with E-state index < -0.39 is 0 Å². The van der Waals surface area contributed by atoms with Gasteiger partial charge in [0.15, 0.2) is 5.17 Å². The van der Waals surface area contributed by atoms with Crippen LogP contribution in [0.4, 0.5) is 0 Å². The first-order valence-electron chi connectivity index (χ1n) is 7.23. The van der Waals surface area contributed by atoms with E-state index in [1.54, 1.807) is 30.3 Å². The Hall–Kier alpha value is -1.79. The second-order valence-electron chi connectivity index (χ2n) is 5.56. The average molecular weight is 318 g/mol. The molecule has 1 saturated heterocycles. The minimum absolute atomic E-state index is 0.132. The van der Waals surface area contributed by atoms with Crippen LogP contribution in [-0.4, -0.2) is 46.4 Å². The van der Waals surface area contributed by atoms with Crippen molar-refractivity contribution in [3.63, 3.8) is 0 Å². The number of aliphatic imine (C=N–C) groups is 1. The average Bonchev–Trinajstić information content (AvgIpc) is 2.82. The van der Waals surface area contributed by atoms with Gasteiger partial charge in [-0.2, -0.15) is 4.99 Å². The Morgan fingerprint density at radius 2 is 1.91 bits per heavy atom. The molecule has 0 saturated carbocycles. The molecule has 0 unspecified atom stereocenters. The minimum atomic E-state index is -0.208. The second kappa shape index (κ2) is 6.14. The van der Waals surface area contributed by atoms with Gasteiger partial charge in [-0.1, -0.05) is 12.1 Å². The summed E-state index contributed by atoms with van der Waals surface area (Å²) in [5.74, 6) is 0.000607. The molecule has 1 aromatic rings. The molecule has 1 aromatic carbocycles. The van der Waals surface area contributed by atoms with Gasteiger partial charge in [0, 0.05) is 13.1 Å². The minimum Gasteiger partial charge on any atom is -0.508 e. The van der Waals surface area contributed by atoms with Crippen molar-refractivity contribution < 1.29 is 14.6 Å². The van der Waals surface area contributed by atoms with Gasteiger partial charge in [-0.15, -0.1) is 0 Å². The fourth-order valence-corrected chi connectivity index (χ4v) is 3.52. The predicted octanol–water partition coefficient (Wildman–Crippen LogP) is 2.47. The van der Waals surface area contributed by atoms with Crippen molar-refractivity contribution in [1.29, 1.82) is 0 Å².